The smallest absolute Gasteiger partial charge is 0.368 e. The van der Waals surface area contributed by atoms with Crippen LogP contribution >= 0.6 is 0 Å². The first-order valence-corrected chi connectivity index (χ1v) is 8.37. The Labute approximate surface area is 160 Å². The lowest BCUT2D eigenvalue weighted by molar-refractivity contribution is 0.251. The largest absolute Gasteiger partial charge is 0.493 e. The van der Waals surface area contributed by atoms with E-state index in [1.807, 2.05) is 6.07 Å². The number of hydrogen-bond acceptors (Lipinski definition) is 6. The van der Waals surface area contributed by atoms with E-state index in [9.17, 15) is 9.59 Å². The molecular formula is C18H20N6O4. The molecule has 0 radical (unpaired) electrons. The van der Waals surface area contributed by atoms with Crippen molar-refractivity contribution in [3.05, 3.63) is 58.5 Å². The van der Waals surface area contributed by atoms with Crippen LogP contribution in [-0.4, -0.2) is 40.0 Å². The summed E-state index contributed by atoms with van der Waals surface area (Å²) in [6.45, 7) is 0.319. The average Bonchev–Trinajstić information content (AvgIpc) is 3.05. The highest BCUT2D eigenvalue weighted by Gasteiger charge is 2.08. The molecule has 28 heavy (non-hydrogen) atoms. The maximum Gasteiger partial charge on any atom is 0.368 e. The molecule has 0 aliphatic heterocycles. The monoisotopic (exact) mass is 384 g/mol. The van der Waals surface area contributed by atoms with Gasteiger partial charge in [-0.3, -0.25) is 0 Å². The number of nitrogens with one attached hydrogen (secondary N) is 2. The van der Waals surface area contributed by atoms with Crippen LogP contribution in [0.15, 0.2) is 47.3 Å². The van der Waals surface area contributed by atoms with Gasteiger partial charge in [0.2, 0.25) is 0 Å². The van der Waals surface area contributed by atoms with Crippen molar-refractivity contribution in [1.29, 1.82) is 0 Å². The van der Waals surface area contributed by atoms with Crippen molar-refractivity contribution in [3.8, 4) is 17.2 Å². The summed E-state index contributed by atoms with van der Waals surface area (Å²) in [5.41, 5.74) is 1.64. The zero-order chi connectivity index (χ0) is 20.1. The van der Waals surface area contributed by atoms with Gasteiger partial charge < -0.3 is 20.1 Å². The van der Waals surface area contributed by atoms with Gasteiger partial charge >= 0.3 is 11.7 Å². The lowest BCUT2D eigenvalue weighted by atomic mass is 10.2. The van der Waals surface area contributed by atoms with E-state index in [4.69, 9.17) is 9.47 Å². The SMILES string of the molecule is COc1ccc(CNC(=O)Nc2ccc(-n3nnn(C)c3=O)cc2)cc1OC. The highest BCUT2D eigenvalue weighted by molar-refractivity contribution is 5.89. The number of carbonyl (C=O) groups is 1. The standard InChI is InChI=1S/C18H20N6O4/c1-23-18(26)24(22-21-23)14-7-5-13(6-8-14)20-17(25)19-11-12-4-9-15(27-2)16(10-12)28-3/h4-10H,11H2,1-3H3,(H2,19,20,25). The van der Waals surface area contributed by atoms with Crippen LogP contribution in [0.1, 0.15) is 5.56 Å². The number of urea groups is 1. The molecule has 0 aliphatic rings. The number of hydrogen-bond donors (Lipinski definition) is 2. The highest BCUT2D eigenvalue weighted by atomic mass is 16.5. The second-order valence-electron chi connectivity index (χ2n) is 5.84. The number of aryl methyl sites for hydroxylation is 1. The molecule has 0 unspecified atom stereocenters. The van der Waals surface area contributed by atoms with Gasteiger partial charge in [-0.15, -0.1) is 0 Å². The van der Waals surface area contributed by atoms with Crippen molar-refractivity contribution in [2.45, 2.75) is 6.54 Å². The third-order valence-electron chi connectivity index (χ3n) is 3.99. The zero-order valence-corrected chi connectivity index (χ0v) is 15.7. The van der Waals surface area contributed by atoms with Crippen LogP contribution in [0.4, 0.5) is 10.5 Å². The molecular weight excluding hydrogens is 364 g/mol. The van der Waals surface area contributed by atoms with E-state index in [2.05, 4.69) is 21.1 Å². The maximum atomic E-state index is 12.1. The second-order valence-corrected chi connectivity index (χ2v) is 5.84. The van der Waals surface area contributed by atoms with Crippen LogP contribution < -0.4 is 25.8 Å². The molecule has 2 N–H and O–H groups in total. The van der Waals surface area contributed by atoms with Crippen LogP contribution in [0.25, 0.3) is 5.69 Å². The number of amides is 2. The number of benzene rings is 2. The molecule has 10 heteroatoms. The molecule has 0 spiro atoms. The first-order valence-electron chi connectivity index (χ1n) is 8.37. The van der Waals surface area contributed by atoms with E-state index < -0.39 is 0 Å². The number of tetrazole rings is 1. The summed E-state index contributed by atoms with van der Waals surface area (Å²) < 4.78 is 12.7. The molecule has 10 nitrogen and oxygen atoms in total. The molecule has 0 saturated heterocycles. The fraction of sp³-hybridized carbons (Fsp3) is 0.222. The Morgan fingerprint density at radius 2 is 1.75 bits per heavy atom. The molecule has 3 rings (SSSR count). The van der Waals surface area contributed by atoms with Crippen LogP contribution in [0.5, 0.6) is 11.5 Å². The first-order chi connectivity index (χ1) is 13.5. The van der Waals surface area contributed by atoms with Crippen LogP contribution in [0, 0.1) is 0 Å². The first kappa shape index (κ1) is 19.0. The lowest BCUT2D eigenvalue weighted by Crippen LogP contribution is -2.28. The van der Waals surface area contributed by atoms with Gasteiger partial charge in [-0.05, 0) is 52.4 Å². The van der Waals surface area contributed by atoms with E-state index in [1.165, 1.54) is 11.7 Å². The van der Waals surface area contributed by atoms with Crippen LogP contribution in [0.2, 0.25) is 0 Å². The van der Waals surface area contributed by atoms with Gasteiger partial charge in [0.05, 0.1) is 19.9 Å². The summed E-state index contributed by atoms with van der Waals surface area (Å²) in [5.74, 6) is 1.22. The summed E-state index contributed by atoms with van der Waals surface area (Å²) in [6, 6.07) is 11.7. The minimum Gasteiger partial charge on any atom is -0.493 e. The van der Waals surface area contributed by atoms with E-state index in [0.29, 0.717) is 29.4 Å². The number of aromatic nitrogens is 4. The van der Waals surface area contributed by atoms with Crippen LogP contribution in [-0.2, 0) is 13.6 Å². The van der Waals surface area contributed by atoms with Gasteiger partial charge in [0, 0.05) is 19.3 Å². The number of anilines is 1. The van der Waals surface area contributed by atoms with Crippen molar-refractivity contribution in [3.63, 3.8) is 0 Å². The Bertz CT molecular complexity index is 1030. The van der Waals surface area contributed by atoms with Gasteiger partial charge in [0.15, 0.2) is 11.5 Å². The number of carbonyl (C=O) groups excluding carboxylic acids is 1. The minimum atomic E-state index is -0.362. The molecule has 146 valence electrons. The minimum absolute atomic E-state index is 0.319. The molecule has 1 aromatic heterocycles. The Balaban J connectivity index is 1.59. The van der Waals surface area contributed by atoms with Crippen molar-refractivity contribution in [2.24, 2.45) is 7.05 Å². The highest BCUT2D eigenvalue weighted by Crippen LogP contribution is 2.27. The van der Waals surface area contributed by atoms with Crippen molar-refractivity contribution < 1.29 is 14.3 Å². The summed E-state index contributed by atoms with van der Waals surface area (Å²) in [5, 5.41) is 12.9. The Morgan fingerprint density at radius 1 is 1.04 bits per heavy atom. The van der Waals surface area contributed by atoms with Gasteiger partial charge in [0.25, 0.3) is 0 Å². The Morgan fingerprint density at radius 3 is 2.36 bits per heavy atom. The fourth-order valence-electron chi connectivity index (χ4n) is 2.51. The molecule has 0 bridgehead atoms. The third-order valence-corrected chi connectivity index (χ3v) is 3.99. The molecule has 1 heterocycles. The van der Waals surface area contributed by atoms with Gasteiger partial charge in [-0.25, -0.2) is 9.59 Å². The van der Waals surface area contributed by atoms with E-state index >= 15 is 0 Å². The zero-order valence-electron chi connectivity index (χ0n) is 15.7. The predicted octanol–water partition coefficient (Wildman–Crippen LogP) is 1.30. The summed E-state index contributed by atoms with van der Waals surface area (Å²) in [6.07, 6.45) is 0. The molecule has 0 saturated carbocycles. The molecule has 0 aliphatic carbocycles. The predicted molar refractivity (Wildman–Crippen MR) is 102 cm³/mol. The van der Waals surface area contributed by atoms with Crippen molar-refractivity contribution in [1.82, 2.24) is 25.1 Å². The van der Waals surface area contributed by atoms with Crippen LogP contribution in [0.3, 0.4) is 0 Å². The van der Waals surface area contributed by atoms with Gasteiger partial charge in [-0.2, -0.15) is 9.36 Å². The van der Waals surface area contributed by atoms with E-state index in [1.54, 1.807) is 50.6 Å². The molecule has 0 fully saturated rings. The summed E-state index contributed by atoms with van der Waals surface area (Å²) in [4.78, 5) is 24.0. The van der Waals surface area contributed by atoms with E-state index in [-0.39, 0.29) is 11.7 Å². The van der Waals surface area contributed by atoms with Crippen molar-refractivity contribution in [2.75, 3.05) is 19.5 Å². The second kappa shape index (κ2) is 8.25. The number of methoxy groups -OCH3 is 2. The number of rotatable bonds is 6. The summed E-state index contributed by atoms with van der Waals surface area (Å²) >= 11 is 0. The Hall–Kier alpha value is -3.82. The van der Waals surface area contributed by atoms with Gasteiger partial charge in [0.1, 0.15) is 0 Å². The number of ether oxygens (including phenoxy) is 2. The lowest BCUT2D eigenvalue weighted by Gasteiger charge is -2.11. The third kappa shape index (κ3) is 4.11. The molecule has 2 aromatic carbocycles. The molecule has 2 amide bonds. The quantitative estimate of drug-likeness (QED) is 0.663. The molecule has 3 aromatic rings. The molecule has 0 atom stereocenters. The fourth-order valence-corrected chi connectivity index (χ4v) is 2.51. The van der Waals surface area contributed by atoms with Gasteiger partial charge in [-0.1, -0.05) is 6.07 Å². The maximum absolute atomic E-state index is 12.1. The topological polar surface area (TPSA) is 112 Å². The Kier molecular flexibility index (Phi) is 5.58. The van der Waals surface area contributed by atoms with E-state index in [0.717, 1.165) is 10.2 Å². The summed E-state index contributed by atoms with van der Waals surface area (Å²) in [7, 11) is 4.64. The average molecular weight is 384 g/mol. The van der Waals surface area contributed by atoms with Crippen molar-refractivity contribution >= 4 is 11.7 Å². The normalized spacial score (nSPS) is 10.4. The number of nitrogens with zero attached hydrogens (tertiary/aromatic N) is 4.